The molecule has 0 aliphatic carbocycles. The largest absolute Gasteiger partial charge is 0.496 e. The predicted molar refractivity (Wildman–Crippen MR) is 111 cm³/mol. The molecule has 6 nitrogen and oxygen atoms in total. The summed E-state index contributed by atoms with van der Waals surface area (Å²) in [7, 11) is 3.13. The fraction of sp³-hybridized carbons (Fsp3) is 0.318. The number of anilines is 1. The number of aryl methyl sites for hydroxylation is 1. The van der Waals surface area contributed by atoms with Gasteiger partial charge in [0.15, 0.2) is 0 Å². The van der Waals surface area contributed by atoms with E-state index in [-0.39, 0.29) is 11.9 Å². The first-order valence-electron chi connectivity index (χ1n) is 9.46. The van der Waals surface area contributed by atoms with Crippen molar-refractivity contribution in [2.45, 2.75) is 19.4 Å². The fourth-order valence-corrected chi connectivity index (χ4v) is 3.89. The van der Waals surface area contributed by atoms with Crippen molar-refractivity contribution < 1.29 is 14.3 Å². The van der Waals surface area contributed by atoms with Crippen LogP contribution in [0.4, 0.5) is 5.82 Å². The van der Waals surface area contributed by atoms with Crippen LogP contribution in [0.1, 0.15) is 22.3 Å². The lowest BCUT2D eigenvalue weighted by Gasteiger charge is -2.20. The van der Waals surface area contributed by atoms with Crippen molar-refractivity contribution in [3.63, 3.8) is 0 Å². The zero-order valence-corrected chi connectivity index (χ0v) is 16.4. The van der Waals surface area contributed by atoms with Gasteiger partial charge in [0.25, 0.3) is 5.91 Å². The Bertz CT molecular complexity index is 989. The van der Waals surface area contributed by atoms with Gasteiger partial charge in [0.1, 0.15) is 22.9 Å². The average Bonchev–Trinajstić information content (AvgIpc) is 3.34. The Balaban J connectivity index is 1.49. The first-order chi connectivity index (χ1) is 13.6. The molecule has 0 radical (unpaired) electrons. The summed E-state index contributed by atoms with van der Waals surface area (Å²) in [6.45, 7) is 3.43. The number of carbonyl (C=O) groups is 1. The highest BCUT2D eigenvalue weighted by Gasteiger charge is 2.30. The highest BCUT2D eigenvalue weighted by Crippen LogP contribution is 2.31. The second-order valence-electron chi connectivity index (χ2n) is 7.14. The Labute approximate surface area is 164 Å². The number of methoxy groups -OCH3 is 2. The summed E-state index contributed by atoms with van der Waals surface area (Å²) >= 11 is 0. The lowest BCUT2D eigenvalue weighted by molar-refractivity contribution is 0.0784. The maximum Gasteiger partial charge on any atom is 0.261 e. The molecule has 1 aliphatic heterocycles. The van der Waals surface area contributed by atoms with Crippen molar-refractivity contribution in [2.75, 3.05) is 32.6 Å². The number of carbonyl (C=O) groups excluding carboxylic acids is 1. The number of amides is 1. The number of nitrogens with zero attached hydrogens (tertiary/aromatic N) is 1. The van der Waals surface area contributed by atoms with Crippen LogP contribution in [-0.2, 0) is 0 Å². The highest BCUT2D eigenvalue weighted by atomic mass is 16.5. The van der Waals surface area contributed by atoms with Gasteiger partial charge in [-0.15, -0.1) is 0 Å². The van der Waals surface area contributed by atoms with Gasteiger partial charge in [0, 0.05) is 30.0 Å². The normalized spacial score (nSPS) is 16.4. The van der Waals surface area contributed by atoms with Crippen molar-refractivity contribution in [1.82, 2.24) is 9.88 Å². The van der Waals surface area contributed by atoms with Gasteiger partial charge in [-0.05, 0) is 43.2 Å². The number of H-pyrrole nitrogens is 1. The van der Waals surface area contributed by atoms with Gasteiger partial charge in [-0.25, -0.2) is 0 Å². The van der Waals surface area contributed by atoms with E-state index in [0.29, 0.717) is 30.2 Å². The average molecular weight is 379 g/mol. The highest BCUT2D eigenvalue weighted by molar-refractivity contribution is 6.00. The molecular weight excluding hydrogens is 354 g/mol. The van der Waals surface area contributed by atoms with Crippen molar-refractivity contribution in [3.05, 3.63) is 53.6 Å². The predicted octanol–water partition coefficient (Wildman–Crippen LogP) is 3.82. The van der Waals surface area contributed by atoms with E-state index in [1.54, 1.807) is 26.4 Å². The fourth-order valence-electron chi connectivity index (χ4n) is 3.89. The Morgan fingerprint density at radius 3 is 2.54 bits per heavy atom. The zero-order chi connectivity index (χ0) is 19.7. The SMILES string of the molecule is COc1cccc(OC)c1C(=O)N1CC[C@@H](Nc2cc3c(C)cccc3[nH]2)C1. The first-order valence-corrected chi connectivity index (χ1v) is 9.46. The van der Waals surface area contributed by atoms with E-state index in [1.165, 1.54) is 10.9 Å². The van der Waals surface area contributed by atoms with E-state index >= 15 is 0 Å². The molecule has 1 aromatic heterocycles. The third-order valence-corrected chi connectivity index (χ3v) is 5.36. The summed E-state index contributed by atoms with van der Waals surface area (Å²) in [5, 5.41) is 4.76. The van der Waals surface area contributed by atoms with Gasteiger partial charge in [-0.1, -0.05) is 18.2 Å². The molecule has 1 fully saturated rings. The molecule has 28 heavy (non-hydrogen) atoms. The summed E-state index contributed by atoms with van der Waals surface area (Å²) in [4.78, 5) is 18.4. The molecule has 1 aliphatic rings. The number of ether oxygens (including phenoxy) is 2. The van der Waals surface area contributed by atoms with E-state index in [9.17, 15) is 4.79 Å². The van der Waals surface area contributed by atoms with Crippen LogP contribution in [0, 0.1) is 6.92 Å². The molecule has 2 heterocycles. The van der Waals surface area contributed by atoms with Gasteiger partial charge < -0.3 is 24.7 Å². The molecule has 1 atom stereocenters. The molecule has 1 amide bonds. The minimum atomic E-state index is -0.0638. The smallest absolute Gasteiger partial charge is 0.261 e. The molecule has 0 bridgehead atoms. The number of aromatic nitrogens is 1. The number of hydrogen-bond donors (Lipinski definition) is 2. The van der Waals surface area contributed by atoms with Gasteiger partial charge in [0.2, 0.25) is 0 Å². The molecule has 4 rings (SSSR count). The lowest BCUT2D eigenvalue weighted by atomic mass is 10.1. The summed E-state index contributed by atoms with van der Waals surface area (Å²) < 4.78 is 10.8. The molecule has 146 valence electrons. The number of fused-ring (bicyclic) bond motifs is 1. The van der Waals surface area contributed by atoms with Crippen LogP contribution < -0.4 is 14.8 Å². The number of aromatic amines is 1. The molecular formula is C22H25N3O3. The van der Waals surface area contributed by atoms with Crippen molar-refractivity contribution in [2.24, 2.45) is 0 Å². The number of nitrogens with one attached hydrogen (secondary N) is 2. The third kappa shape index (κ3) is 3.26. The number of rotatable bonds is 5. The molecule has 2 N–H and O–H groups in total. The molecule has 0 saturated carbocycles. The van der Waals surface area contributed by atoms with Crippen LogP contribution in [0.3, 0.4) is 0 Å². The Kier molecular flexibility index (Phi) is 4.86. The van der Waals surface area contributed by atoms with Crippen molar-refractivity contribution in [3.8, 4) is 11.5 Å². The lowest BCUT2D eigenvalue weighted by Crippen LogP contribution is -2.32. The molecule has 6 heteroatoms. The maximum absolute atomic E-state index is 13.1. The third-order valence-electron chi connectivity index (χ3n) is 5.36. The summed E-state index contributed by atoms with van der Waals surface area (Å²) in [6.07, 6.45) is 0.886. The van der Waals surface area contributed by atoms with Gasteiger partial charge >= 0.3 is 0 Å². The van der Waals surface area contributed by atoms with Crippen LogP contribution in [-0.4, -0.2) is 49.1 Å². The second-order valence-corrected chi connectivity index (χ2v) is 7.14. The molecule has 1 saturated heterocycles. The monoisotopic (exact) mass is 379 g/mol. The van der Waals surface area contributed by atoms with E-state index in [1.807, 2.05) is 11.0 Å². The van der Waals surface area contributed by atoms with Crippen LogP contribution in [0.5, 0.6) is 11.5 Å². The number of benzene rings is 2. The van der Waals surface area contributed by atoms with Gasteiger partial charge in [-0.3, -0.25) is 4.79 Å². The second kappa shape index (κ2) is 7.46. The molecule has 0 spiro atoms. The van der Waals surface area contributed by atoms with Crippen LogP contribution in [0.15, 0.2) is 42.5 Å². The Morgan fingerprint density at radius 2 is 1.86 bits per heavy atom. The molecule has 2 aromatic carbocycles. The van der Waals surface area contributed by atoms with E-state index in [2.05, 4.69) is 41.5 Å². The summed E-state index contributed by atoms with van der Waals surface area (Å²) in [5.74, 6) is 1.99. The minimum Gasteiger partial charge on any atom is -0.496 e. The van der Waals surface area contributed by atoms with Crippen LogP contribution in [0.2, 0.25) is 0 Å². The Hall–Kier alpha value is -3.15. The van der Waals surface area contributed by atoms with Crippen LogP contribution in [0.25, 0.3) is 10.9 Å². The summed E-state index contributed by atoms with van der Waals surface area (Å²) in [5.41, 5.74) is 2.84. The molecule has 3 aromatic rings. The minimum absolute atomic E-state index is 0.0638. The summed E-state index contributed by atoms with van der Waals surface area (Å²) in [6, 6.07) is 14.0. The van der Waals surface area contributed by atoms with Gasteiger partial charge in [-0.2, -0.15) is 0 Å². The number of likely N-dealkylation sites (tertiary alicyclic amines) is 1. The maximum atomic E-state index is 13.1. The van der Waals surface area contributed by atoms with E-state index < -0.39 is 0 Å². The van der Waals surface area contributed by atoms with Crippen molar-refractivity contribution in [1.29, 1.82) is 0 Å². The standard InChI is InChI=1S/C22H25N3O3/c1-14-6-4-7-17-16(14)12-20(24-17)23-15-10-11-25(13-15)22(26)21-18(27-2)8-5-9-19(21)28-3/h4-9,12,15,23-24H,10-11,13H2,1-3H3/t15-/m1/s1. The van der Waals surface area contributed by atoms with Crippen molar-refractivity contribution >= 4 is 22.6 Å². The van der Waals surface area contributed by atoms with Crippen LogP contribution >= 0.6 is 0 Å². The van der Waals surface area contributed by atoms with Gasteiger partial charge in [0.05, 0.1) is 14.2 Å². The quantitative estimate of drug-likeness (QED) is 0.707. The number of hydrogen-bond acceptors (Lipinski definition) is 4. The Morgan fingerprint density at radius 1 is 1.14 bits per heavy atom. The van der Waals surface area contributed by atoms with E-state index in [4.69, 9.17) is 9.47 Å². The zero-order valence-electron chi connectivity index (χ0n) is 16.4. The first kappa shape index (κ1) is 18.2. The molecule has 0 unspecified atom stereocenters. The topological polar surface area (TPSA) is 66.6 Å². The van der Waals surface area contributed by atoms with E-state index in [0.717, 1.165) is 17.8 Å².